The van der Waals surface area contributed by atoms with Crippen molar-refractivity contribution in [1.82, 2.24) is 15.6 Å². The number of carboxylic acid groups (broad SMARTS) is 1. The van der Waals surface area contributed by atoms with E-state index < -0.39 is 11.4 Å². The first-order valence-electron chi connectivity index (χ1n) is 6.53. The van der Waals surface area contributed by atoms with Gasteiger partial charge in [0.25, 0.3) is 0 Å². The molecule has 1 aromatic rings. The molecule has 2 amide bonds. The number of nitrogens with zero attached hydrogens (tertiary/aromatic N) is 1. The molecule has 6 nitrogen and oxygen atoms in total. The van der Waals surface area contributed by atoms with Gasteiger partial charge in [-0.25, -0.2) is 9.78 Å². The lowest BCUT2D eigenvalue weighted by Crippen LogP contribution is -2.45. The third-order valence-corrected chi connectivity index (χ3v) is 4.25. The van der Waals surface area contributed by atoms with Gasteiger partial charge in [0.15, 0.2) is 0 Å². The van der Waals surface area contributed by atoms with Crippen LogP contribution in [-0.4, -0.2) is 35.2 Å². The Bertz CT molecular complexity index is 475. The summed E-state index contributed by atoms with van der Waals surface area (Å²) in [6.07, 6.45) is 1.14. The first kappa shape index (κ1) is 16.4. The fraction of sp³-hybridized carbons (Fsp3) is 0.615. The molecular weight excluding hydrogens is 278 g/mol. The van der Waals surface area contributed by atoms with E-state index in [0.717, 1.165) is 10.7 Å². The van der Waals surface area contributed by atoms with Crippen molar-refractivity contribution in [3.05, 3.63) is 16.1 Å². The van der Waals surface area contributed by atoms with Crippen molar-refractivity contribution in [3.63, 3.8) is 0 Å². The van der Waals surface area contributed by atoms with Crippen LogP contribution in [0.25, 0.3) is 0 Å². The summed E-state index contributed by atoms with van der Waals surface area (Å²) in [7, 11) is 0. The number of urea groups is 1. The van der Waals surface area contributed by atoms with Crippen molar-refractivity contribution in [2.45, 2.75) is 33.6 Å². The monoisotopic (exact) mass is 299 g/mol. The lowest BCUT2D eigenvalue weighted by atomic mass is 9.88. The molecule has 20 heavy (non-hydrogen) atoms. The number of carboxylic acids is 1. The minimum Gasteiger partial charge on any atom is -0.481 e. The van der Waals surface area contributed by atoms with Crippen molar-refractivity contribution in [1.29, 1.82) is 0 Å². The van der Waals surface area contributed by atoms with Gasteiger partial charge in [0.05, 0.1) is 10.4 Å². The Morgan fingerprint density at radius 1 is 1.45 bits per heavy atom. The smallest absolute Gasteiger partial charge is 0.314 e. The topological polar surface area (TPSA) is 91.3 Å². The molecule has 0 aliphatic carbocycles. The van der Waals surface area contributed by atoms with Crippen molar-refractivity contribution in [2.75, 3.05) is 13.1 Å². The van der Waals surface area contributed by atoms with Gasteiger partial charge in [0.1, 0.15) is 0 Å². The summed E-state index contributed by atoms with van der Waals surface area (Å²) in [6, 6.07) is -0.348. The average Bonchev–Trinajstić information content (AvgIpc) is 2.81. The predicted octanol–water partition coefficient (Wildman–Crippen LogP) is 1.79. The van der Waals surface area contributed by atoms with Gasteiger partial charge in [-0.2, -0.15) is 0 Å². The number of aliphatic carboxylic acids is 1. The normalized spacial score (nSPS) is 13.6. The van der Waals surface area contributed by atoms with E-state index in [9.17, 15) is 9.59 Å². The highest BCUT2D eigenvalue weighted by molar-refractivity contribution is 7.09. The number of rotatable bonds is 7. The summed E-state index contributed by atoms with van der Waals surface area (Å²) in [5, 5.41) is 17.3. The lowest BCUT2D eigenvalue weighted by molar-refractivity contribution is -0.147. The number of aromatic nitrogens is 1. The van der Waals surface area contributed by atoms with E-state index >= 15 is 0 Å². The lowest BCUT2D eigenvalue weighted by Gasteiger charge is -2.23. The molecule has 0 bridgehead atoms. The van der Waals surface area contributed by atoms with E-state index in [-0.39, 0.29) is 12.6 Å². The Morgan fingerprint density at radius 2 is 2.15 bits per heavy atom. The quantitative estimate of drug-likeness (QED) is 0.716. The zero-order valence-corrected chi connectivity index (χ0v) is 12.8. The van der Waals surface area contributed by atoms with Crippen LogP contribution in [0.15, 0.2) is 5.38 Å². The molecule has 0 fully saturated rings. The third kappa shape index (κ3) is 4.80. The molecule has 1 unspecified atom stereocenters. The van der Waals surface area contributed by atoms with E-state index in [1.807, 2.05) is 12.3 Å². The zero-order chi connectivity index (χ0) is 15.2. The molecule has 3 N–H and O–H groups in total. The average molecular weight is 299 g/mol. The molecular formula is C13H21N3O3S. The number of hydrogen-bond acceptors (Lipinski definition) is 4. The fourth-order valence-corrected chi connectivity index (χ4v) is 2.27. The van der Waals surface area contributed by atoms with Crippen LogP contribution in [0.2, 0.25) is 0 Å². The van der Waals surface area contributed by atoms with Crippen molar-refractivity contribution >= 4 is 23.3 Å². The Hall–Kier alpha value is -1.63. The molecule has 0 aliphatic rings. The first-order chi connectivity index (χ1) is 9.37. The highest BCUT2D eigenvalue weighted by Crippen LogP contribution is 2.19. The molecule has 0 saturated heterocycles. The van der Waals surface area contributed by atoms with Gasteiger partial charge in [0.2, 0.25) is 0 Å². The number of aryl methyl sites for hydroxylation is 1. The van der Waals surface area contributed by atoms with E-state index in [2.05, 4.69) is 15.6 Å². The summed E-state index contributed by atoms with van der Waals surface area (Å²) >= 11 is 1.57. The summed E-state index contributed by atoms with van der Waals surface area (Å²) in [5.74, 6) is -0.904. The van der Waals surface area contributed by atoms with Crippen molar-refractivity contribution in [2.24, 2.45) is 5.41 Å². The van der Waals surface area contributed by atoms with Crippen LogP contribution in [0.4, 0.5) is 4.79 Å². The molecule has 1 rings (SSSR count). The second-order valence-corrected chi connectivity index (χ2v) is 5.90. The van der Waals surface area contributed by atoms with E-state index in [1.165, 1.54) is 0 Å². The fourth-order valence-electron chi connectivity index (χ4n) is 1.49. The molecule has 0 spiro atoms. The maximum Gasteiger partial charge on any atom is 0.314 e. The predicted molar refractivity (Wildman–Crippen MR) is 78.0 cm³/mol. The largest absolute Gasteiger partial charge is 0.481 e. The van der Waals surface area contributed by atoms with Crippen LogP contribution in [0.3, 0.4) is 0 Å². The summed E-state index contributed by atoms with van der Waals surface area (Å²) in [6.45, 7) is 5.93. The Labute approximate surface area is 122 Å². The summed E-state index contributed by atoms with van der Waals surface area (Å²) in [5.41, 5.74) is 0.0543. The van der Waals surface area contributed by atoms with Crippen molar-refractivity contribution < 1.29 is 14.7 Å². The van der Waals surface area contributed by atoms with Gasteiger partial charge in [0, 0.05) is 30.6 Å². The summed E-state index contributed by atoms with van der Waals surface area (Å²) in [4.78, 5) is 27.0. The van der Waals surface area contributed by atoms with Gasteiger partial charge >= 0.3 is 12.0 Å². The van der Waals surface area contributed by atoms with Gasteiger partial charge < -0.3 is 15.7 Å². The molecule has 0 saturated carbocycles. The van der Waals surface area contributed by atoms with Gasteiger partial charge in [-0.05, 0) is 20.3 Å². The second-order valence-electron chi connectivity index (χ2n) is 4.96. The standard InChI is InChI=1S/C13H21N3O3S/c1-4-13(3,11(17)18)8-15-12(19)14-6-5-10-16-9(2)7-20-10/h7H,4-6,8H2,1-3H3,(H,17,18)(H2,14,15,19). The third-order valence-electron chi connectivity index (χ3n) is 3.23. The van der Waals surface area contributed by atoms with E-state index in [4.69, 9.17) is 5.11 Å². The maximum absolute atomic E-state index is 11.6. The molecule has 0 aliphatic heterocycles. The molecule has 0 aromatic carbocycles. The maximum atomic E-state index is 11.6. The van der Waals surface area contributed by atoms with Crippen LogP contribution >= 0.6 is 11.3 Å². The second kappa shape index (κ2) is 7.23. The number of thiazole rings is 1. The Morgan fingerprint density at radius 3 is 2.65 bits per heavy atom. The number of carbonyl (C=O) groups excluding carboxylic acids is 1. The van der Waals surface area contributed by atoms with E-state index in [1.54, 1.807) is 25.2 Å². The van der Waals surface area contributed by atoms with Crippen molar-refractivity contribution in [3.8, 4) is 0 Å². The highest BCUT2D eigenvalue weighted by Gasteiger charge is 2.31. The Balaban J connectivity index is 2.28. The van der Waals surface area contributed by atoms with Gasteiger partial charge in [-0.15, -0.1) is 11.3 Å². The Kier molecular flexibility index (Phi) is 5.94. The van der Waals surface area contributed by atoms with E-state index in [0.29, 0.717) is 19.4 Å². The van der Waals surface area contributed by atoms with Crippen LogP contribution in [0.5, 0.6) is 0 Å². The van der Waals surface area contributed by atoms with Crippen LogP contribution < -0.4 is 10.6 Å². The molecule has 112 valence electrons. The van der Waals surface area contributed by atoms with Crippen LogP contribution in [-0.2, 0) is 11.2 Å². The van der Waals surface area contributed by atoms with Gasteiger partial charge in [-0.3, -0.25) is 4.79 Å². The number of hydrogen-bond donors (Lipinski definition) is 3. The molecule has 1 atom stereocenters. The molecule has 0 radical (unpaired) electrons. The number of amides is 2. The van der Waals surface area contributed by atoms with Crippen LogP contribution in [0.1, 0.15) is 31.0 Å². The summed E-state index contributed by atoms with van der Waals surface area (Å²) < 4.78 is 0. The minimum absolute atomic E-state index is 0.112. The van der Waals surface area contributed by atoms with Crippen LogP contribution in [0, 0.1) is 12.3 Å². The molecule has 1 aromatic heterocycles. The van der Waals surface area contributed by atoms with Gasteiger partial charge in [-0.1, -0.05) is 6.92 Å². The molecule has 7 heteroatoms. The number of carbonyl (C=O) groups is 2. The first-order valence-corrected chi connectivity index (χ1v) is 7.41. The zero-order valence-electron chi connectivity index (χ0n) is 12.0. The molecule has 1 heterocycles. The minimum atomic E-state index is -0.927. The highest BCUT2D eigenvalue weighted by atomic mass is 32.1. The number of nitrogens with one attached hydrogen (secondary N) is 2. The SMILES string of the molecule is CCC(C)(CNC(=O)NCCc1nc(C)cs1)C(=O)O.